The van der Waals surface area contributed by atoms with Gasteiger partial charge in [-0.3, -0.25) is 4.90 Å². The molecule has 1 N–H and O–H groups in total. The van der Waals surface area contributed by atoms with Crippen LogP contribution in [-0.4, -0.2) is 51.7 Å². The maximum Gasteiger partial charge on any atom is 0.339 e. The van der Waals surface area contributed by atoms with Crippen LogP contribution >= 0.6 is 0 Å². The van der Waals surface area contributed by atoms with E-state index in [9.17, 15) is 4.79 Å². The zero-order chi connectivity index (χ0) is 13.2. The largest absolute Gasteiger partial charge is 0.478 e. The minimum atomic E-state index is -0.950. The lowest BCUT2D eigenvalue weighted by Crippen LogP contribution is -2.35. The molecule has 0 radical (unpaired) electrons. The van der Waals surface area contributed by atoms with Gasteiger partial charge in [0, 0.05) is 25.8 Å². The van der Waals surface area contributed by atoms with Crippen molar-refractivity contribution in [3.63, 3.8) is 0 Å². The van der Waals surface area contributed by atoms with Crippen LogP contribution in [0.4, 0.5) is 0 Å². The van der Waals surface area contributed by atoms with Crippen LogP contribution in [0, 0.1) is 0 Å². The number of rotatable bonds is 3. The van der Waals surface area contributed by atoms with Crippen molar-refractivity contribution in [3.8, 4) is 0 Å². The maximum atomic E-state index is 11.1. The number of aromatic nitrogens is 2. The van der Waals surface area contributed by atoms with E-state index in [0.29, 0.717) is 5.65 Å². The Morgan fingerprint density at radius 2 is 2.21 bits per heavy atom. The summed E-state index contributed by atoms with van der Waals surface area (Å²) in [5.41, 5.74) is 1.73. The van der Waals surface area contributed by atoms with Crippen LogP contribution in [0.5, 0.6) is 0 Å². The fourth-order valence-electron chi connectivity index (χ4n) is 2.33. The van der Waals surface area contributed by atoms with E-state index < -0.39 is 5.97 Å². The molecule has 0 unspecified atom stereocenters. The molecule has 1 aliphatic rings. The molecule has 0 spiro atoms. The standard InChI is InChI=1S/C13H15N3O3/c17-13(18)11-2-1-3-16-10(8-14-12(11)16)9-15-4-6-19-7-5-15/h1-3,8H,4-7,9H2,(H,17,18). The summed E-state index contributed by atoms with van der Waals surface area (Å²) in [6.07, 6.45) is 3.60. The maximum absolute atomic E-state index is 11.1. The average Bonchev–Trinajstić information content (AvgIpc) is 2.83. The van der Waals surface area contributed by atoms with E-state index in [4.69, 9.17) is 9.84 Å². The molecule has 1 aliphatic heterocycles. The predicted octanol–water partition coefficient (Wildman–Crippen LogP) is 0.865. The lowest BCUT2D eigenvalue weighted by molar-refractivity contribution is 0.0335. The predicted molar refractivity (Wildman–Crippen MR) is 68.2 cm³/mol. The Kier molecular flexibility index (Phi) is 3.18. The number of carbonyl (C=O) groups is 1. The molecule has 100 valence electrons. The highest BCUT2D eigenvalue weighted by Gasteiger charge is 2.16. The third-order valence-electron chi connectivity index (χ3n) is 3.33. The minimum absolute atomic E-state index is 0.232. The molecule has 2 aromatic rings. The highest BCUT2D eigenvalue weighted by molar-refractivity contribution is 5.94. The summed E-state index contributed by atoms with van der Waals surface area (Å²) in [5, 5.41) is 9.13. The number of nitrogens with zero attached hydrogens (tertiary/aromatic N) is 3. The van der Waals surface area contributed by atoms with Gasteiger partial charge in [0.25, 0.3) is 0 Å². The van der Waals surface area contributed by atoms with Gasteiger partial charge < -0.3 is 14.2 Å². The van der Waals surface area contributed by atoms with Crippen molar-refractivity contribution in [2.75, 3.05) is 26.3 Å². The smallest absolute Gasteiger partial charge is 0.339 e. The molecule has 6 nitrogen and oxygen atoms in total. The van der Waals surface area contributed by atoms with E-state index in [-0.39, 0.29) is 5.56 Å². The molecule has 6 heteroatoms. The summed E-state index contributed by atoms with van der Waals surface area (Å²) >= 11 is 0. The number of fused-ring (bicyclic) bond motifs is 1. The normalized spacial score (nSPS) is 16.8. The van der Waals surface area contributed by atoms with Crippen LogP contribution < -0.4 is 0 Å². The van der Waals surface area contributed by atoms with Crippen LogP contribution in [0.1, 0.15) is 16.1 Å². The Hall–Kier alpha value is -1.92. The number of hydrogen-bond acceptors (Lipinski definition) is 4. The van der Waals surface area contributed by atoms with Gasteiger partial charge in [0.2, 0.25) is 0 Å². The molecule has 1 fully saturated rings. The molecule has 0 saturated carbocycles. The highest BCUT2D eigenvalue weighted by Crippen LogP contribution is 2.14. The van der Waals surface area contributed by atoms with Gasteiger partial charge in [0.1, 0.15) is 5.56 Å². The van der Waals surface area contributed by atoms with Crippen LogP contribution in [0.25, 0.3) is 5.65 Å². The van der Waals surface area contributed by atoms with Crippen molar-refractivity contribution in [2.24, 2.45) is 0 Å². The molecule has 3 heterocycles. The Labute approximate surface area is 110 Å². The second-order valence-corrected chi connectivity index (χ2v) is 4.56. The fourth-order valence-corrected chi connectivity index (χ4v) is 2.33. The highest BCUT2D eigenvalue weighted by atomic mass is 16.5. The first kappa shape index (κ1) is 12.1. The number of aromatic carboxylic acids is 1. The molecule has 3 rings (SSSR count). The molecule has 2 aromatic heterocycles. The van der Waals surface area contributed by atoms with E-state index >= 15 is 0 Å². The van der Waals surface area contributed by atoms with E-state index in [1.54, 1.807) is 18.3 Å². The van der Waals surface area contributed by atoms with E-state index in [2.05, 4.69) is 9.88 Å². The summed E-state index contributed by atoms with van der Waals surface area (Å²) in [4.78, 5) is 17.6. The molecular weight excluding hydrogens is 246 g/mol. The Morgan fingerprint density at radius 1 is 1.42 bits per heavy atom. The number of imidazole rings is 1. The molecule has 0 amide bonds. The third-order valence-corrected chi connectivity index (χ3v) is 3.33. The second kappa shape index (κ2) is 4.99. The van der Waals surface area contributed by atoms with E-state index in [1.807, 2.05) is 10.6 Å². The summed E-state index contributed by atoms with van der Waals surface area (Å²) in [5.74, 6) is -0.950. The molecule has 0 atom stereocenters. The number of carboxylic acids is 1. The molecule has 0 bridgehead atoms. The fraction of sp³-hybridized carbons (Fsp3) is 0.385. The zero-order valence-electron chi connectivity index (χ0n) is 10.5. The molecule has 0 aliphatic carbocycles. The third kappa shape index (κ3) is 2.32. The summed E-state index contributed by atoms with van der Waals surface area (Å²) in [6.45, 7) is 4.04. The van der Waals surface area contributed by atoms with Crippen molar-refractivity contribution in [1.29, 1.82) is 0 Å². The Balaban J connectivity index is 1.92. The van der Waals surface area contributed by atoms with Gasteiger partial charge in [-0.05, 0) is 12.1 Å². The van der Waals surface area contributed by atoms with Gasteiger partial charge in [-0.15, -0.1) is 0 Å². The molecule has 19 heavy (non-hydrogen) atoms. The van der Waals surface area contributed by atoms with Crippen molar-refractivity contribution in [3.05, 3.63) is 35.8 Å². The first-order valence-electron chi connectivity index (χ1n) is 6.24. The Morgan fingerprint density at radius 3 is 2.95 bits per heavy atom. The lowest BCUT2D eigenvalue weighted by Gasteiger charge is -2.26. The van der Waals surface area contributed by atoms with E-state index in [0.717, 1.165) is 38.5 Å². The van der Waals surface area contributed by atoms with Gasteiger partial charge in [-0.25, -0.2) is 9.78 Å². The van der Waals surface area contributed by atoms with Crippen molar-refractivity contribution in [1.82, 2.24) is 14.3 Å². The van der Waals surface area contributed by atoms with Gasteiger partial charge in [0.15, 0.2) is 5.65 Å². The first-order valence-corrected chi connectivity index (χ1v) is 6.24. The number of pyridine rings is 1. The van der Waals surface area contributed by atoms with E-state index in [1.165, 1.54) is 0 Å². The van der Waals surface area contributed by atoms with Crippen LogP contribution in [0.2, 0.25) is 0 Å². The SMILES string of the molecule is O=C(O)c1cccn2c(CN3CCOCC3)cnc12. The van der Waals surface area contributed by atoms with Crippen LogP contribution in [0.3, 0.4) is 0 Å². The van der Waals surface area contributed by atoms with Crippen molar-refractivity contribution < 1.29 is 14.6 Å². The topological polar surface area (TPSA) is 67.1 Å². The zero-order valence-corrected chi connectivity index (χ0v) is 10.5. The number of ether oxygens (including phenoxy) is 1. The quantitative estimate of drug-likeness (QED) is 0.887. The monoisotopic (exact) mass is 261 g/mol. The number of morpholine rings is 1. The number of carboxylic acid groups (broad SMARTS) is 1. The second-order valence-electron chi connectivity index (χ2n) is 4.56. The molecular formula is C13H15N3O3. The lowest BCUT2D eigenvalue weighted by atomic mass is 10.2. The molecule has 1 saturated heterocycles. The average molecular weight is 261 g/mol. The minimum Gasteiger partial charge on any atom is -0.478 e. The van der Waals surface area contributed by atoms with Crippen molar-refractivity contribution >= 4 is 11.6 Å². The van der Waals surface area contributed by atoms with Gasteiger partial charge >= 0.3 is 5.97 Å². The number of hydrogen-bond donors (Lipinski definition) is 1. The summed E-state index contributed by atoms with van der Waals surface area (Å²) in [7, 11) is 0. The summed E-state index contributed by atoms with van der Waals surface area (Å²) in [6, 6.07) is 3.31. The van der Waals surface area contributed by atoms with Crippen molar-refractivity contribution in [2.45, 2.75) is 6.54 Å². The van der Waals surface area contributed by atoms with Gasteiger partial charge in [0.05, 0.1) is 25.1 Å². The van der Waals surface area contributed by atoms with Gasteiger partial charge in [-0.1, -0.05) is 0 Å². The summed E-state index contributed by atoms with van der Waals surface area (Å²) < 4.78 is 7.16. The first-order chi connectivity index (χ1) is 9.25. The van der Waals surface area contributed by atoms with Crippen LogP contribution in [-0.2, 0) is 11.3 Å². The van der Waals surface area contributed by atoms with Gasteiger partial charge in [-0.2, -0.15) is 0 Å². The Bertz CT molecular complexity index is 602. The molecule has 0 aromatic carbocycles. The van der Waals surface area contributed by atoms with Crippen LogP contribution in [0.15, 0.2) is 24.5 Å².